The van der Waals surface area contributed by atoms with Crippen molar-refractivity contribution in [2.75, 3.05) is 6.54 Å². The molecule has 0 spiro atoms. The summed E-state index contributed by atoms with van der Waals surface area (Å²) >= 11 is 0. The molecule has 0 aliphatic carbocycles. The molecule has 1 aliphatic rings. The Hall–Kier alpha value is -2.03. The lowest BCUT2D eigenvalue weighted by Gasteiger charge is -2.37. The number of benzene rings is 1. The fourth-order valence-corrected chi connectivity index (χ4v) is 3.04. The molecule has 2 heterocycles. The molecular weight excluding hydrogens is 250 g/mol. The predicted octanol–water partition coefficient (Wildman–Crippen LogP) is 3.69. The molecule has 1 aliphatic heterocycles. The average Bonchev–Trinajstić information content (AvgIpc) is 3.01. The highest BCUT2D eigenvalue weighted by molar-refractivity contribution is 5.91. The van der Waals surface area contributed by atoms with Crippen LogP contribution >= 0.6 is 0 Å². The Labute approximate surface area is 119 Å². The number of carbonyl (C=O) groups is 1. The number of furan rings is 1. The van der Waals surface area contributed by atoms with Crippen molar-refractivity contribution in [3.63, 3.8) is 0 Å². The third-order valence-electron chi connectivity index (χ3n) is 4.14. The molecule has 104 valence electrons. The van der Waals surface area contributed by atoms with Crippen molar-refractivity contribution < 1.29 is 9.21 Å². The van der Waals surface area contributed by atoms with E-state index < -0.39 is 0 Å². The summed E-state index contributed by atoms with van der Waals surface area (Å²) in [5.74, 6) is 0.996. The summed E-state index contributed by atoms with van der Waals surface area (Å²) < 4.78 is 5.22. The van der Waals surface area contributed by atoms with Crippen LogP contribution in [0.5, 0.6) is 0 Å². The number of rotatable bonds is 2. The van der Waals surface area contributed by atoms with E-state index in [1.807, 2.05) is 11.0 Å². The molecule has 0 saturated carbocycles. The zero-order valence-electron chi connectivity index (χ0n) is 11.7. The van der Waals surface area contributed by atoms with Gasteiger partial charge in [0.1, 0.15) is 0 Å². The van der Waals surface area contributed by atoms with Crippen LogP contribution in [0.1, 0.15) is 41.8 Å². The lowest BCUT2D eigenvalue weighted by Crippen LogP contribution is -2.44. The number of amides is 1. The molecule has 1 amide bonds. The third-order valence-corrected chi connectivity index (χ3v) is 4.14. The minimum atomic E-state index is 0.00834. The first-order chi connectivity index (χ1) is 9.75. The van der Waals surface area contributed by atoms with E-state index in [9.17, 15) is 4.79 Å². The first kappa shape index (κ1) is 13.0. The molecule has 3 rings (SSSR count). The van der Waals surface area contributed by atoms with Crippen LogP contribution in [0.3, 0.4) is 0 Å². The van der Waals surface area contributed by atoms with Crippen molar-refractivity contribution >= 4 is 5.91 Å². The maximum Gasteiger partial charge on any atom is 0.289 e. The Morgan fingerprint density at radius 1 is 1.20 bits per heavy atom. The fraction of sp³-hybridized carbons (Fsp3) is 0.353. The number of piperidine rings is 1. The molecular formula is C17H19NO2. The second-order valence-electron chi connectivity index (χ2n) is 5.46. The van der Waals surface area contributed by atoms with E-state index in [4.69, 9.17) is 4.42 Å². The van der Waals surface area contributed by atoms with Gasteiger partial charge in [0.15, 0.2) is 5.76 Å². The summed E-state index contributed by atoms with van der Waals surface area (Å²) in [6.07, 6.45) is 3.58. The van der Waals surface area contributed by atoms with Gasteiger partial charge in [-0.05, 0) is 43.4 Å². The molecule has 2 unspecified atom stereocenters. The molecule has 1 saturated heterocycles. The Morgan fingerprint density at radius 3 is 2.65 bits per heavy atom. The second kappa shape index (κ2) is 5.53. The van der Waals surface area contributed by atoms with Gasteiger partial charge in [-0.3, -0.25) is 4.79 Å². The largest absolute Gasteiger partial charge is 0.459 e. The van der Waals surface area contributed by atoms with E-state index in [1.165, 1.54) is 5.56 Å². The van der Waals surface area contributed by atoms with Crippen molar-refractivity contribution in [2.24, 2.45) is 0 Å². The average molecular weight is 269 g/mol. The van der Waals surface area contributed by atoms with Gasteiger partial charge in [-0.15, -0.1) is 0 Å². The molecule has 1 fully saturated rings. The zero-order valence-corrected chi connectivity index (χ0v) is 11.7. The van der Waals surface area contributed by atoms with Crippen LogP contribution in [-0.4, -0.2) is 23.4 Å². The highest BCUT2D eigenvalue weighted by atomic mass is 16.3. The monoisotopic (exact) mass is 269 g/mol. The Morgan fingerprint density at radius 2 is 2.00 bits per heavy atom. The van der Waals surface area contributed by atoms with Gasteiger partial charge >= 0.3 is 0 Å². The van der Waals surface area contributed by atoms with E-state index in [1.54, 1.807) is 18.4 Å². The number of hydrogen-bond acceptors (Lipinski definition) is 2. The third kappa shape index (κ3) is 2.48. The van der Waals surface area contributed by atoms with Crippen LogP contribution in [0, 0.1) is 0 Å². The Balaban J connectivity index is 1.70. The second-order valence-corrected chi connectivity index (χ2v) is 5.46. The Kier molecular flexibility index (Phi) is 3.59. The highest BCUT2D eigenvalue weighted by Crippen LogP contribution is 2.32. The van der Waals surface area contributed by atoms with E-state index in [0.717, 1.165) is 19.4 Å². The normalized spacial score (nSPS) is 22.8. The molecule has 2 aromatic rings. The fourth-order valence-electron chi connectivity index (χ4n) is 3.04. The predicted molar refractivity (Wildman–Crippen MR) is 77.6 cm³/mol. The quantitative estimate of drug-likeness (QED) is 0.833. The zero-order chi connectivity index (χ0) is 13.9. The van der Waals surface area contributed by atoms with Crippen molar-refractivity contribution in [1.82, 2.24) is 4.90 Å². The van der Waals surface area contributed by atoms with Crippen molar-refractivity contribution in [2.45, 2.75) is 31.7 Å². The molecule has 1 aromatic carbocycles. The highest BCUT2D eigenvalue weighted by Gasteiger charge is 2.30. The number of carbonyl (C=O) groups excluding carboxylic acids is 1. The molecule has 0 bridgehead atoms. The van der Waals surface area contributed by atoms with Crippen LogP contribution in [-0.2, 0) is 0 Å². The van der Waals surface area contributed by atoms with E-state index in [0.29, 0.717) is 11.7 Å². The standard InChI is InChI=1S/C17H19NO2/c1-13-12-15(14-6-3-2-4-7-14)9-10-18(13)17(19)16-8-5-11-20-16/h2-8,11,13,15H,9-10,12H2,1H3. The van der Waals surface area contributed by atoms with Gasteiger partial charge in [0.05, 0.1) is 6.26 Å². The summed E-state index contributed by atoms with van der Waals surface area (Å²) in [7, 11) is 0. The Bertz CT molecular complexity index is 562. The molecule has 0 N–H and O–H groups in total. The van der Waals surface area contributed by atoms with Crippen LogP contribution in [0.25, 0.3) is 0 Å². The van der Waals surface area contributed by atoms with Gasteiger partial charge in [-0.1, -0.05) is 30.3 Å². The molecule has 20 heavy (non-hydrogen) atoms. The summed E-state index contributed by atoms with van der Waals surface area (Å²) in [6.45, 7) is 2.91. The van der Waals surface area contributed by atoms with Gasteiger partial charge in [0.2, 0.25) is 0 Å². The number of hydrogen-bond donors (Lipinski definition) is 0. The molecule has 2 atom stereocenters. The van der Waals surface area contributed by atoms with Crippen LogP contribution < -0.4 is 0 Å². The van der Waals surface area contributed by atoms with E-state index in [-0.39, 0.29) is 11.9 Å². The minimum absolute atomic E-state index is 0.00834. The molecule has 3 heteroatoms. The van der Waals surface area contributed by atoms with Gasteiger partial charge in [-0.2, -0.15) is 0 Å². The smallest absolute Gasteiger partial charge is 0.289 e. The van der Waals surface area contributed by atoms with Gasteiger partial charge in [-0.25, -0.2) is 0 Å². The van der Waals surface area contributed by atoms with E-state index in [2.05, 4.69) is 31.2 Å². The van der Waals surface area contributed by atoms with Crippen LogP contribution in [0.2, 0.25) is 0 Å². The van der Waals surface area contributed by atoms with Crippen molar-refractivity contribution in [3.05, 3.63) is 60.1 Å². The topological polar surface area (TPSA) is 33.5 Å². The SMILES string of the molecule is CC1CC(c2ccccc2)CCN1C(=O)c1ccco1. The first-order valence-electron chi connectivity index (χ1n) is 7.15. The lowest BCUT2D eigenvalue weighted by atomic mass is 9.86. The molecule has 0 radical (unpaired) electrons. The van der Waals surface area contributed by atoms with Gasteiger partial charge in [0.25, 0.3) is 5.91 Å². The van der Waals surface area contributed by atoms with Crippen molar-refractivity contribution in [1.29, 1.82) is 0 Å². The van der Waals surface area contributed by atoms with Gasteiger partial charge < -0.3 is 9.32 Å². The van der Waals surface area contributed by atoms with Crippen LogP contribution in [0.4, 0.5) is 0 Å². The summed E-state index contributed by atoms with van der Waals surface area (Å²) in [5, 5.41) is 0. The first-order valence-corrected chi connectivity index (χ1v) is 7.15. The number of likely N-dealkylation sites (tertiary alicyclic amines) is 1. The summed E-state index contributed by atoms with van der Waals surface area (Å²) in [4.78, 5) is 14.3. The maximum atomic E-state index is 12.3. The molecule has 1 aromatic heterocycles. The van der Waals surface area contributed by atoms with Crippen LogP contribution in [0.15, 0.2) is 53.1 Å². The number of nitrogens with zero attached hydrogens (tertiary/aromatic N) is 1. The minimum Gasteiger partial charge on any atom is -0.459 e. The lowest BCUT2D eigenvalue weighted by molar-refractivity contribution is 0.0583. The maximum absolute atomic E-state index is 12.3. The van der Waals surface area contributed by atoms with Crippen molar-refractivity contribution in [3.8, 4) is 0 Å². The molecule has 3 nitrogen and oxygen atoms in total. The van der Waals surface area contributed by atoms with Gasteiger partial charge in [0, 0.05) is 12.6 Å². The summed E-state index contributed by atoms with van der Waals surface area (Å²) in [6, 6.07) is 14.3. The van der Waals surface area contributed by atoms with E-state index >= 15 is 0 Å². The summed E-state index contributed by atoms with van der Waals surface area (Å²) in [5.41, 5.74) is 1.38.